The molecule has 3 rings (SSSR count). The van der Waals surface area contributed by atoms with Crippen LogP contribution in [0.2, 0.25) is 0 Å². The van der Waals surface area contributed by atoms with Crippen molar-refractivity contribution in [2.45, 2.75) is 69.7 Å². The van der Waals surface area contributed by atoms with Crippen LogP contribution in [0.1, 0.15) is 64.2 Å². The minimum atomic E-state index is 0.359. The zero-order valence-corrected chi connectivity index (χ0v) is 19.2. The summed E-state index contributed by atoms with van der Waals surface area (Å²) in [5.74, 6) is 0.992. The SMILES string of the molecule is CN=C(NCCCCN1CCN(C)CC1)NCC1(N2CCCCC2)CCCCC1. The Hall–Kier alpha value is -0.850. The summed E-state index contributed by atoms with van der Waals surface area (Å²) in [6, 6.07) is 0. The van der Waals surface area contributed by atoms with Crippen molar-refractivity contribution in [2.75, 3.05) is 73.0 Å². The summed E-state index contributed by atoms with van der Waals surface area (Å²) >= 11 is 0. The zero-order chi connectivity index (χ0) is 20.4. The molecule has 168 valence electrons. The highest BCUT2D eigenvalue weighted by Gasteiger charge is 2.38. The van der Waals surface area contributed by atoms with Crippen molar-refractivity contribution in [3.8, 4) is 0 Å². The fourth-order valence-electron chi connectivity index (χ4n) is 5.39. The maximum absolute atomic E-state index is 4.50. The van der Waals surface area contributed by atoms with E-state index in [0.717, 1.165) is 19.0 Å². The normalized spacial score (nSPS) is 25.1. The predicted molar refractivity (Wildman–Crippen MR) is 124 cm³/mol. The second kappa shape index (κ2) is 12.1. The van der Waals surface area contributed by atoms with Gasteiger partial charge in [0.15, 0.2) is 5.96 Å². The summed E-state index contributed by atoms with van der Waals surface area (Å²) in [6.45, 7) is 10.8. The van der Waals surface area contributed by atoms with E-state index in [0.29, 0.717) is 5.54 Å². The van der Waals surface area contributed by atoms with Crippen molar-refractivity contribution >= 4 is 5.96 Å². The van der Waals surface area contributed by atoms with E-state index in [2.05, 4.69) is 37.4 Å². The summed E-state index contributed by atoms with van der Waals surface area (Å²) in [6.07, 6.45) is 13.5. The van der Waals surface area contributed by atoms with Gasteiger partial charge in [-0.2, -0.15) is 0 Å². The monoisotopic (exact) mass is 406 g/mol. The first kappa shape index (κ1) is 22.8. The van der Waals surface area contributed by atoms with Crippen LogP contribution in [0, 0.1) is 0 Å². The molecule has 1 saturated carbocycles. The van der Waals surface area contributed by atoms with Crippen molar-refractivity contribution in [3.63, 3.8) is 0 Å². The molecule has 3 aliphatic rings. The van der Waals surface area contributed by atoms with E-state index in [1.807, 2.05) is 7.05 Å². The minimum absolute atomic E-state index is 0.359. The third-order valence-electron chi connectivity index (χ3n) is 7.41. The molecule has 29 heavy (non-hydrogen) atoms. The van der Waals surface area contributed by atoms with E-state index < -0.39 is 0 Å². The molecule has 2 heterocycles. The van der Waals surface area contributed by atoms with Crippen LogP contribution < -0.4 is 10.6 Å². The Labute approximate surface area is 179 Å². The van der Waals surface area contributed by atoms with Crippen molar-refractivity contribution in [2.24, 2.45) is 4.99 Å². The molecule has 6 nitrogen and oxygen atoms in total. The lowest BCUT2D eigenvalue weighted by Gasteiger charge is -2.48. The third-order valence-corrected chi connectivity index (χ3v) is 7.41. The molecule has 0 aromatic carbocycles. The van der Waals surface area contributed by atoms with Crippen LogP contribution in [0.25, 0.3) is 0 Å². The minimum Gasteiger partial charge on any atom is -0.356 e. The second-order valence-electron chi connectivity index (χ2n) is 9.54. The van der Waals surface area contributed by atoms with Gasteiger partial charge in [-0.3, -0.25) is 9.89 Å². The van der Waals surface area contributed by atoms with Gasteiger partial charge in [-0.1, -0.05) is 25.7 Å². The molecule has 0 atom stereocenters. The molecule has 0 aromatic heterocycles. The standard InChI is InChI=1S/C23H46N6/c1-24-22(25-13-7-10-14-28-19-17-27(2)18-20-28)26-21-23(11-5-3-6-12-23)29-15-8-4-9-16-29/h3-21H2,1-2H3,(H2,24,25,26). The molecule has 6 heteroatoms. The Morgan fingerprint density at radius 2 is 1.52 bits per heavy atom. The molecule has 0 radical (unpaired) electrons. The van der Waals surface area contributed by atoms with E-state index in [1.54, 1.807) is 0 Å². The summed E-state index contributed by atoms with van der Waals surface area (Å²) in [5, 5.41) is 7.27. The van der Waals surface area contributed by atoms with Gasteiger partial charge < -0.3 is 20.4 Å². The summed E-state index contributed by atoms with van der Waals surface area (Å²) < 4.78 is 0. The lowest BCUT2D eigenvalue weighted by Crippen LogP contribution is -2.59. The zero-order valence-electron chi connectivity index (χ0n) is 19.2. The lowest BCUT2D eigenvalue weighted by molar-refractivity contribution is 0.0368. The molecule has 0 unspecified atom stereocenters. The number of hydrogen-bond donors (Lipinski definition) is 2. The number of piperazine rings is 1. The van der Waals surface area contributed by atoms with E-state index in [-0.39, 0.29) is 0 Å². The largest absolute Gasteiger partial charge is 0.356 e. The molecular weight excluding hydrogens is 360 g/mol. The maximum Gasteiger partial charge on any atom is 0.191 e. The van der Waals surface area contributed by atoms with E-state index >= 15 is 0 Å². The number of likely N-dealkylation sites (N-methyl/N-ethyl adjacent to an activating group) is 1. The molecule has 0 amide bonds. The van der Waals surface area contributed by atoms with Crippen LogP contribution in [0.15, 0.2) is 4.99 Å². The Balaban J connectivity index is 1.36. The van der Waals surface area contributed by atoms with Gasteiger partial charge in [0.1, 0.15) is 0 Å². The number of unbranched alkanes of at least 4 members (excludes halogenated alkanes) is 1. The summed E-state index contributed by atoms with van der Waals surface area (Å²) in [5.41, 5.74) is 0.359. The van der Waals surface area contributed by atoms with Crippen LogP contribution in [-0.4, -0.2) is 99.2 Å². The van der Waals surface area contributed by atoms with Crippen molar-refractivity contribution in [3.05, 3.63) is 0 Å². The van der Waals surface area contributed by atoms with Gasteiger partial charge in [-0.05, 0) is 65.2 Å². The molecule has 0 bridgehead atoms. The number of aliphatic imine (C=N–C) groups is 1. The Morgan fingerprint density at radius 3 is 2.21 bits per heavy atom. The van der Waals surface area contributed by atoms with Gasteiger partial charge in [-0.15, -0.1) is 0 Å². The van der Waals surface area contributed by atoms with Crippen LogP contribution in [-0.2, 0) is 0 Å². The highest BCUT2D eigenvalue weighted by atomic mass is 15.3. The Morgan fingerprint density at radius 1 is 0.828 bits per heavy atom. The first-order chi connectivity index (χ1) is 14.2. The number of likely N-dealkylation sites (tertiary alicyclic amines) is 1. The highest BCUT2D eigenvalue weighted by Crippen LogP contribution is 2.35. The Bertz CT molecular complexity index is 474. The Kier molecular flexibility index (Phi) is 9.53. The number of guanidine groups is 1. The summed E-state index contributed by atoms with van der Waals surface area (Å²) in [7, 11) is 4.14. The van der Waals surface area contributed by atoms with Crippen LogP contribution in [0.4, 0.5) is 0 Å². The van der Waals surface area contributed by atoms with E-state index in [9.17, 15) is 0 Å². The van der Waals surface area contributed by atoms with Crippen molar-refractivity contribution in [1.82, 2.24) is 25.3 Å². The lowest BCUT2D eigenvalue weighted by atomic mass is 9.79. The van der Waals surface area contributed by atoms with Crippen LogP contribution in [0.3, 0.4) is 0 Å². The fraction of sp³-hybridized carbons (Fsp3) is 0.957. The predicted octanol–water partition coefficient (Wildman–Crippen LogP) is 2.37. The molecule has 0 aromatic rings. The van der Waals surface area contributed by atoms with Gasteiger partial charge >= 0.3 is 0 Å². The first-order valence-electron chi connectivity index (χ1n) is 12.3. The topological polar surface area (TPSA) is 46.1 Å². The highest BCUT2D eigenvalue weighted by molar-refractivity contribution is 5.79. The quantitative estimate of drug-likeness (QED) is 0.368. The number of hydrogen-bond acceptors (Lipinski definition) is 4. The molecule has 3 fully saturated rings. The molecule has 1 aliphatic carbocycles. The number of piperidine rings is 1. The van der Waals surface area contributed by atoms with Gasteiger partial charge in [0, 0.05) is 51.9 Å². The van der Waals surface area contributed by atoms with Gasteiger partial charge in [0.2, 0.25) is 0 Å². The van der Waals surface area contributed by atoms with Crippen molar-refractivity contribution in [1.29, 1.82) is 0 Å². The van der Waals surface area contributed by atoms with Gasteiger partial charge in [0.25, 0.3) is 0 Å². The van der Waals surface area contributed by atoms with Crippen LogP contribution >= 0.6 is 0 Å². The average molecular weight is 407 g/mol. The molecule has 2 N–H and O–H groups in total. The molecule has 2 saturated heterocycles. The number of nitrogens with one attached hydrogen (secondary N) is 2. The van der Waals surface area contributed by atoms with Gasteiger partial charge in [0.05, 0.1) is 0 Å². The number of nitrogens with zero attached hydrogens (tertiary/aromatic N) is 4. The van der Waals surface area contributed by atoms with Gasteiger partial charge in [-0.25, -0.2) is 0 Å². The van der Waals surface area contributed by atoms with Crippen molar-refractivity contribution < 1.29 is 0 Å². The first-order valence-corrected chi connectivity index (χ1v) is 12.3. The van der Waals surface area contributed by atoms with E-state index in [1.165, 1.54) is 110 Å². The summed E-state index contributed by atoms with van der Waals surface area (Å²) in [4.78, 5) is 12.4. The molecule has 2 aliphatic heterocycles. The average Bonchev–Trinajstić information content (AvgIpc) is 2.78. The second-order valence-corrected chi connectivity index (χ2v) is 9.54. The maximum atomic E-state index is 4.50. The third kappa shape index (κ3) is 7.11. The fourth-order valence-corrected chi connectivity index (χ4v) is 5.39. The molecular formula is C23H46N6. The molecule has 0 spiro atoms. The van der Waals surface area contributed by atoms with Crippen LogP contribution in [0.5, 0.6) is 0 Å². The number of rotatable bonds is 8. The van der Waals surface area contributed by atoms with E-state index in [4.69, 9.17) is 0 Å². The smallest absolute Gasteiger partial charge is 0.191 e.